The molecule has 1 amide bonds. The maximum atomic E-state index is 12.7. The number of benzene rings is 1. The van der Waals surface area contributed by atoms with E-state index in [0.717, 1.165) is 28.6 Å². The second-order valence-corrected chi connectivity index (χ2v) is 7.05. The summed E-state index contributed by atoms with van der Waals surface area (Å²) in [7, 11) is 0. The van der Waals surface area contributed by atoms with E-state index in [1.165, 1.54) is 38.5 Å². The first-order valence-electron chi connectivity index (χ1n) is 9.17. The maximum Gasteiger partial charge on any atom is 0.253 e. The summed E-state index contributed by atoms with van der Waals surface area (Å²) in [5, 5.41) is 13.4. The van der Waals surface area contributed by atoms with Crippen molar-refractivity contribution in [2.45, 2.75) is 52.0 Å². The Morgan fingerprint density at radius 3 is 2.71 bits per heavy atom. The Bertz CT molecular complexity index is 697. The predicted molar refractivity (Wildman–Crippen MR) is 97.3 cm³/mol. The molecule has 0 saturated heterocycles. The third-order valence-electron chi connectivity index (χ3n) is 5.15. The number of aromatic nitrogens is 1. The molecule has 130 valence electrons. The van der Waals surface area contributed by atoms with Gasteiger partial charge < -0.3 is 15.0 Å². The molecule has 2 aromatic rings. The molecule has 1 aliphatic carbocycles. The summed E-state index contributed by atoms with van der Waals surface area (Å²) in [6, 6.07) is 6.13. The zero-order valence-electron chi connectivity index (χ0n) is 14.6. The number of carbonyl (C=O) groups excluding carboxylic acids is 1. The van der Waals surface area contributed by atoms with Gasteiger partial charge in [0.05, 0.1) is 12.2 Å². The number of hydrogen-bond donors (Lipinski definition) is 2. The fourth-order valence-corrected chi connectivity index (χ4v) is 3.78. The first-order chi connectivity index (χ1) is 11.7. The van der Waals surface area contributed by atoms with Crippen LogP contribution in [0.15, 0.2) is 24.4 Å². The topological polar surface area (TPSA) is 54.3 Å². The summed E-state index contributed by atoms with van der Waals surface area (Å²) < 4.78 is 1.97. The number of rotatable bonds is 5. The van der Waals surface area contributed by atoms with Gasteiger partial charge in [0.2, 0.25) is 0 Å². The molecule has 1 aliphatic rings. The fraction of sp³-hybridized carbons (Fsp3) is 0.550. The molecule has 0 spiro atoms. The van der Waals surface area contributed by atoms with E-state index < -0.39 is 0 Å². The van der Waals surface area contributed by atoms with Gasteiger partial charge in [0.25, 0.3) is 5.91 Å². The monoisotopic (exact) mass is 328 g/mol. The van der Waals surface area contributed by atoms with Crippen LogP contribution in [-0.2, 0) is 6.54 Å². The number of carbonyl (C=O) groups is 1. The molecule has 0 aliphatic heterocycles. The Kier molecular flexibility index (Phi) is 5.56. The largest absolute Gasteiger partial charge is 0.395 e. The Hall–Kier alpha value is -1.81. The Morgan fingerprint density at radius 2 is 2.00 bits per heavy atom. The molecule has 1 saturated carbocycles. The first-order valence-corrected chi connectivity index (χ1v) is 9.17. The van der Waals surface area contributed by atoms with Gasteiger partial charge in [-0.15, -0.1) is 0 Å². The zero-order chi connectivity index (χ0) is 16.9. The highest BCUT2D eigenvalue weighted by molar-refractivity contribution is 6.07. The lowest BCUT2D eigenvalue weighted by molar-refractivity contribution is 0.0947. The summed E-state index contributed by atoms with van der Waals surface area (Å²) in [4.78, 5) is 12.7. The predicted octanol–water partition coefficient (Wildman–Crippen LogP) is 3.64. The SMILES string of the molecule is Cc1ccc2c(c1)c(C(=O)NCC1CCCCCC1)cn2CCO. The Morgan fingerprint density at radius 1 is 1.25 bits per heavy atom. The minimum absolute atomic E-state index is 0.00605. The molecule has 1 aromatic carbocycles. The van der Waals surface area contributed by atoms with Crippen LogP contribution in [0.4, 0.5) is 0 Å². The second-order valence-electron chi connectivity index (χ2n) is 7.05. The summed E-state index contributed by atoms with van der Waals surface area (Å²) >= 11 is 0. The minimum Gasteiger partial charge on any atom is -0.395 e. The van der Waals surface area contributed by atoms with Crippen molar-refractivity contribution in [1.82, 2.24) is 9.88 Å². The molecule has 0 radical (unpaired) electrons. The van der Waals surface area contributed by atoms with Crippen LogP contribution in [0.2, 0.25) is 0 Å². The maximum absolute atomic E-state index is 12.7. The zero-order valence-corrected chi connectivity index (χ0v) is 14.6. The first kappa shape index (κ1) is 17.0. The van der Waals surface area contributed by atoms with E-state index in [1.54, 1.807) is 0 Å². The van der Waals surface area contributed by atoms with Crippen molar-refractivity contribution in [3.05, 3.63) is 35.5 Å². The third kappa shape index (κ3) is 3.81. The highest BCUT2D eigenvalue weighted by Gasteiger charge is 2.17. The van der Waals surface area contributed by atoms with Gasteiger partial charge in [0.15, 0.2) is 0 Å². The molecule has 1 fully saturated rings. The lowest BCUT2D eigenvalue weighted by atomic mass is 10.0. The molecular formula is C20H28N2O2. The normalized spacial score (nSPS) is 16.2. The number of nitrogens with one attached hydrogen (secondary N) is 1. The van der Waals surface area contributed by atoms with Crippen LogP contribution in [-0.4, -0.2) is 28.7 Å². The summed E-state index contributed by atoms with van der Waals surface area (Å²) in [5.74, 6) is 0.621. The minimum atomic E-state index is 0.00605. The molecule has 1 heterocycles. The third-order valence-corrected chi connectivity index (χ3v) is 5.15. The Balaban J connectivity index is 1.77. The van der Waals surface area contributed by atoms with Crippen LogP contribution in [0.3, 0.4) is 0 Å². The highest BCUT2D eigenvalue weighted by atomic mass is 16.3. The summed E-state index contributed by atoms with van der Waals surface area (Å²) in [6.45, 7) is 3.39. The van der Waals surface area contributed by atoms with Crippen molar-refractivity contribution >= 4 is 16.8 Å². The number of aryl methyl sites for hydroxylation is 1. The smallest absolute Gasteiger partial charge is 0.253 e. The summed E-state index contributed by atoms with van der Waals surface area (Å²) in [6.07, 6.45) is 9.57. The highest BCUT2D eigenvalue weighted by Crippen LogP contribution is 2.24. The molecule has 24 heavy (non-hydrogen) atoms. The van der Waals surface area contributed by atoms with E-state index >= 15 is 0 Å². The molecule has 3 rings (SSSR count). The number of amides is 1. The van der Waals surface area contributed by atoms with Crippen molar-refractivity contribution < 1.29 is 9.90 Å². The van der Waals surface area contributed by atoms with E-state index in [9.17, 15) is 9.90 Å². The van der Waals surface area contributed by atoms with Crippen LogP contribution in [0.5, 0.6) is 0 Å². The van der Waals surface area contributed by atoms with E-state index in [4.69, 9.17) is 0 Å². The van der Waals surface area contributed by atoms with Crippen molar-refractivity contribution in [2.24, 2.45) is 5.92 Å². The van der Waals surface area contributed by atoms with Gasteiger partial charge in [-0.2, -0.15) is 0 Å². The molecule has 2 N–H and O–H groups in total. The van der Waals surface area contributed by atoms with Crippen LogP contribution < -0.4 is 5.32 Å². The lowest BCUT2D eigenvalue weighted by Crippen LogP contribution is -2.29. The standard InChI is InChI=1S/C20H28N2O2/c1-15-8-9-19-17(12-15)18(14-22(19)10-11-23)20(24)21-13-16-6-4-2-3-5-7-16/h8-9,12,14,16,23H,2-7,10-11,13H2,1H3,(H,21,24). The number of fused-ring (bicyclic) bond motifs is 1. The van der Waals surface area contributed by atoms with Gasteiger partial charge in [-0.1, -0.05) is 37.3 Å². The fourth-order valence-electron chi connectivity index (χ4n) is 3.78. The number of aliphatic hydroxyl groups is 1. The van der Waals surface area contributed by atoms with E-state index in [1.807, 2.05) is 29.8 Å². The van der Waals surface area contributed by atoms with Crippen molar-refractivity contribution in [2.75, 3.05) is 13.2 Å². The average Bonchev–Trinajstić information content (AvgIpc) is 2.75. The average molecular weight is 328 g/mol. The van der Waals surface area contributed by atoms with E-state index in [2.05, 4.69) is 11.4 Å². The van der Waals surface area contributed by atoms with Crippen LogP contribution in [0, 0.1) is 12.8 Å². The van der Waals surface area contributed by atoms with Crippen molar-refractivity contribution in [1.29, 1.82) is 0 Å². The van der Waals surface area contributed by atoms with Crippen LogP contribution in [0.25, 0.3) is 10.9 Å². The molecule has 0 unspecified atom stereocenters. The molecule has 4 heteroatoms. The molecule has 4 nitrogen and oxygen atoms in total. The molecular weight excluding hydrogens is 300 g/mol. The number of aliphatic hydroxyl groups excluding tert-OH is 1. The van der Waals surface area contributed by atoms with E-state index in [-0.39, 0.29) is 12.5 Å². The van der Waals surface area contributed by atoms with Crippen LogP contribution >= 0.6 is 0 Å². The van der Waals surface area contributed by atoms with Gasteiger partial charge in [-0.3, -0.25) is 4.79 Å². The van der Waals surface area contributed by atoms with Gasteiger partial charge in [0, 0.05) is 30.2 Å². The van der Waals surface area contributed by atoms with Gasteiger partial charge in [0.1, 0.15) is 0 Å². The van der Waals surface area contributed by atoms with Crippen LogP contribution in [0.1, 0.15) is 54.4 Å². The second kappa shape index (κ2) is 7.84. The Labute approximate surface area is 143 Å². The van der Waals surface area contributed by atoms with Gasteiger partial charge >= 0.3 is 0 Å². The quantitative estimate of drug-likeness (QED) is 0.823. The number of hydrogen-bond acceptors (Lipinski definition) is 2. The molecule has 1 aromatic heterocycles. The van der Waals surface area contributed by atoms with Gasteiger partial charge in [-0.25, -0.2) is 0 Å². The van der Waals surface area contributed by atoms with Gasteiger partial charge in [-0.05, 0) is 37.8 Å². The molecule has 0 bridgehead atoms. The van der Waals surface area contributed by atoms with Crippen molar-refractivity contribution in [3.8, 4) is 0 Å². The van der Waals surface area contributed by atoms with Crippen molar-refractivity contribution in [3.63, 3.8) is 0 Å². The van der Waals surface area contributed by atoms with E-state index in [0.29, 0.717) is 12.5 Å². The lowest BCUT2D eigenvalue weighted by Gasteiger charge is -2.14. The number of nitrogens with zero attached hydrogens (tertiary/aromatic N) is 1. The summed E-state index contributed by atoms with van der Waals surface area (Å²) in [5.41, 5.74) is 2.87. The molecule has 0 atom stereocenters.